The summed E-state index contributed by atoms with van der Waals surface area (Å²) < 4.78 is 7.57. The van der Waals surface area contributed by atoms with E-state index < -0.39 is 0 Å². The third-order valence-corrected chi connectivity index (χ3v) is 6.74. The molecule has 1 aliphatic rings. The zero-order valence-corrected chi connectivity index (χ0v) is 18.6. The average Bonchev–Trinajstić information content (AvgIpc) is 3.47. The van der Waals surface area contributed by atoms with Gasteiger partial charge in [-0.3, -0.25) is 9.78 Å². The number of hydrogen-bond donors (Lipinski definition) is 1. The first-order valence-electron chi connectivity index (χ1n) is 10.7. The molecule has 6 nitrogen and oxygen atoms in total. The van der Waals surface area contributed by atoms with E-state index in [9.17, 15) is 4.79 Å². The summed E-state index contributed by atoms with van der Waals surface area (Å²) in [6.45, 7) is 3.59. The van der Waals surface area contributed by atoms with Crippen LogP contribution in [0.5, 0.6) is 0 Å². The summed E-state index contributed by atoms with van der Waals surface area (Å²) in [5.41, 5.74) is 5.47. The number of ether oxygens (including phenoxy) is 1. The number of hydrogen-bond acceptors (Lipinski definition) is 5. The van der Waals surface area contributed by atoms with Gasteiger partial charge in [-0.05, 0) is 61.9 Å². The average molecular weight is 445 g/mol. The van der Waals surface area contributed by atoms with E-state index in [1.165, 1.54) is 0 Å². The van der Waals surface area contributed by atoms with Crippen molar-refractivity contribution in [3.8, 4) is 0 Å². The molecule has 1 aliphatic heterocycles. The molecule has 0 aliphatic carbocycles. The van der Waals surface area contributed by atoms with Gasteiger partial charge in [0.25, 0.3) is 5.91 Å². The second kappa shape index (κ2) is 9.14. The first-order valence-corrected chi connectivity index (χ1v) is 11.7. The van der Waals surface area contributed by atoms with Crippen LogP contribution >= 0.6 is 11.8 Å². The number of imidazole rings is 1. The number of anilines is 1. The molecule has 7 heteroatoms. The summed E-state index contributed by atoms with van der Waals surface area (Å²) >= 11 is 1.70. The number of aryl methyl sites for hydroxylation is 1. The van der Waals surface area contributed by atoms with E-state index in [2.05, 4.69) is 17.2 Å². The lowest BCUT2D eigenvalue weighted by atomic mass is 10.0. The molecular weight excluding hydrogens is 420 g/mol. The number of fused-ring (bicyclic) bond motifs is 1. The normalized spacial score (nSPS) is 15.8. The topological polar surface area (TPSA) is 68.5 Å². The van der Waals surface area contributed by atoms with Crippen LogP contribution in [0.15, 0.2) is 71.9 Å². The number of pyridine rings is 2. The van der Waals surface area contributed by atoms with Crippen molar-refractivity contribution in [2.24, 2.45) is 0 Å². The van der Waals surface area contributed by atoms with Crippen molar-refractivity contribution >= 4 is 29.0 Å². The number of nitrogens with one attached hydrogen (secondary N) is 1. The minimum atomic E-state index is -0.132. The van der Waals surface area contributed by atoms with Crippen molar-refractivity contribution in [2.45, 2.75) is 29.9 Å². The predicted octanol–water partition coefficient (Wildman–Crippen LogP) is 5.09. The zero-order valence-electron chi connectivity index (χ0n) is 17.8. The molecule has 0 bridgehead atoms. The zero-order chi connectivity index (χ0) is 21.9. The van der Waals surface area contributed by atoms with E-state index in [0.29, 0.717) is 11.5 Å². The monoisotopic (exact) mass is 444 g/mol. The highest BCUT2D eigenvalue weighted by Crippen LogP contribution is 2.28. The van der Waals surface area contributed by atoms with Gasteiger partial charge in [-0.25, -0.2) is 4.98 Å². The summed E-state index contributed by atoms with van der Waals surface area (Å²) in [6.07, 6.45) is 4.74. The van der Waals surface area contributed by atoms with Gasteiger partial charge in [-0.1, -0.05) is 6.07 Å². The summed E-state index contributed by atoms with van der Waals surface area (Å²) in [6, 6.07) is 17.4. The molecule has 1 aromatic carbocycles. The molecular formula is C25H24N4O2S. The Morgan fingerprint density at radius 2 is 2.06 bits per heavy atom. The summed E-state index contributed by atoms with van der Waals surface area (Å²) in [5.74, 6) is 1.01. The Balaban J connectivity index is 1.26. The fourth-order valence-corrected chi connectivity index (χ4v) is 4.75. The Labute approximate surface area is 191 Å². The Morgan fingerprint density at radius 1 is 1.19 bits per heavy atom. The summed E-state index contributed by atoms with van der Waals surface area (Å²) in [5, 5.41) is 3.00. The van der Waals surface area contributed by atoms with E-state index in [1.807, 2.05) is 65.2 Å². The van der Waals surface area contributed by atoms with Crippen molar-refractivity contribution in [2.75, 3.05) is 18.5 Å². The molecule has 1 N–H and O–H groups in total. The number of aromatic nitrogens is 3. The number of nitrogens with zero attached hydrogens (tertiary/aromatic N) is 3. The van der Waals surface area contributed by atoms with Gasteiger partial charge in [0.05, 0.1) is 23.7 Å². The van der Waals surface area contributed by atoms with Crippen LogP contribution in [0.4, 0.5) is 5.69 Å². The first-order chi connectivity index (χ1) is 15.7. The minimum absolute atomic E-state index is 0.132. The van der Waals surface area contributed by atoms with Crippen LogP contribution in [0.1, 0.15) is 39.8 Å². The number of thioether (sulfide) groups is 1. The highest BCUT2D eigenvalue weighted by Gasteiger charge is 2.23. The van der Waals surface area contributed by atoms with E-state index in [-0.39, 0.29) is 5.91 Å². The molecule has 5 rings (SSSR count). The van der Waals surface area contributed by atoms with Crippen molar-refractivity contribution in [1.82, 2.24) is 14.4 Å². The van der Waals surface area contributed by atoms with Gasteiger partial charge in [-0.2, -0.15) is 0 Å². The van der Waals surface area contributed by atoms with Crippen LogP contribution < -0.4 is 5.32 Å². The molecule has 1 atom stereocenters. The molecule has 32 heavy (non-hydrogen) atoms. The third-order valence-electron chi connectivity index (χ3n) is 5.70. The number of benzene rings is 1. The van der Waals surface area contributed by atoms with Crippen LogP contribution in [0.3, 0.4) is 0 Å². The van der Waals surface area contributed by atoms with Crippen molar-refractivity contribution in [3.63, 3.8) is 0 Å². The number of carbonyl (C=O) groups excluding carboxylic acids is 1. The standard InChI is InChI=1S/C25H24N4O2S/c1-17-24(19-11-13-31-15-19)28-23-10-7-20(14-29(17)23)27-25(30)18-5-8-22(9-6-18)32-16-21-4-2-3-12-26-21/h2-10,12,14,19H,11,13,15-16H2,1H3,(H,27,30)/t19-/m1/s1. The maximum Gasteiger partial charge on any atom is 0.255 e. The summed E-state index contributed by atoms with van der Waals surface area (Å²) in [7, 11) is 0. The van der Waals surface area contributed by atoms with E-state index in [0.717, 1.165) is 58.7 Å². The predicted molar refractivity (Wildman–Crippen MR) is 126 cm³/mol. The minimum Gasteiger partial charge on any atom is -0.381 e. The SMILES string of the molecule is Cc1c([C@@H]2CCOC2)nc2ccc(NC(=O)c3ccc(SCc4ccccn4)cc3)cn12. The Hall–Kier alpha value is -3.16. The van der Waals surface area contributed by atoms with E-state index in [1.54, 1.807) is 18.0 Å². The molecule has 1 fully saturated rings. The van der Waals surface area contributed by atoms with Gasteiger partial charge >= 0.3 is 0 Å². The maximum absolute atomic E-state index is 12.8. The molecule has 3 aromatic heterocycles. The molecule has 162 valence electrons. The van der Waals surface area contributed by atoms with Crippen LogP contribution in [-0.4, -0.2) is 33.5 Å². The van der Waals surface area contributed by atoms with Gasteiger partial charge in [0.15, 0.2) is 0 Å². The highest BCUT2D eigenvalue weighted by atomic mass is 32.2. The lowest BCUT2D eigenvalue weighted by molar-refractivity contribution is 0.102. The second-order valence-electron chi connectivity index (χ2n) is 7.88. The maximum atomic E-state index is 12.8. The lowest BCUT2D eigenvalue weighted by Gasteiger charge is -2.08. The Bertz CT molecular complexity index is 1230. The van der Waals surface area contributed by atoms with Gasteiger partial charge in [0.1, 0.15) is 5.65 Å². The molecule has 0 spiro atoms. The van der Waals surface area contributed by atoms with Crippen LogP contribution in [0.25, 0.3) is 5.65 Å². The van der Waals surface area contributed by atoms with Gasteiger partial charge in [-0.15, -0.1) is 11.8 Å². The lowest BCUT2D eigenvalue weighted by Crippen LogP contribution is -2.12. The van der Waals surface area contributed by atoms with Gasteiger partial charge < -0.3 is 14.5 Å². The molecule has 4 heterocycles. The van der Waals surface area contributed by atoms with E-state index >= 15 is 0 Å². The van der Waals surface area contributed by atoms with Crippen LogP contribution in [0.2, 0.25) is 0 Å². The third kappa shape index (κ3) is 4.40. The smallest absolute Gasteiger partial charge is 0.255 e. The van der Waals surface area contributed by atoms with Crippen molar-refractivity contribution in [1.29, 1.82) is 0 Å². The van der Waals surface area contributed by atoms with E-state index in [4.69, 9.17) is 9.72 Å². The van der Waals surface area contributed by atoms with Gasteiger partial charge in [0, 0.05) is 46.8 Å². The van der Waals surface area contributed by atoms with Crippen molar-refractivity contribution in [3.05, 3.63) is 89.6 Å². The molecule has 0 unspecified atom stereocenters. The molecule has 0 saturated carbocycles. The number of amides is 1. The molecule has 1 saturated heterocycles. The van der Waals surface area contributed by atoms with Crippen LogP contribution in [0, 0.1) is 6.92 Å². The largest absolute Gasteiger partial charge is 0.381 e. The number of carbonyl (C=O) groups is 1. The molecule has 1 amide bonds. The fourth-order valence-electron chi connectivity index (χ4n) is 3.94. The second-order valence-corrected chi connectivity index (χ2v) is 8.93. The molecule has 4 aromatic rings. The van der Waals surface area contributed by atoms with Gasteiger partial charge in [0.2, 0.25) is 0 Å². The molecule has 0 radical (unpaired) electrons. The number of rotatable bonds is 6. The quantitative estimate of drug-likeness (QED) is 0.420. The van der Waals surface area contributed by atoms with Crippen molar-refractivity contribution < 1.29 is 9.53 Å². The van der Waals surface area contributed by atoms with Crippen LogP contribution in [-0.2, 0) is 10.5 Å². The fraction of sp³-hybridized carbons (Fsp3) is 0.240. The highest BCUT2D eigenvalue weighted by molar-refractivity contribution is 7.98. The Morgan fingerprint density at radius 3 is 2.81 bits per heavy atom. The first kappa shape index (κ1) is 20.7. The Kier molecular flexibility index (Phi) is 5.92. The summed E-state index contributed by atoms with van der Waals surface area (Å²) in [4.78, 5) is 23.0.